The fourth-order valence-electron chi connectivity index (χ4n) is 4.84. The highest BCUT2D eigenvalue weighted by atomic mass is 16.5. The molecule has 0 spiro atoms. The number of carbonyl (C=O) groups excluding carboxylic acids is 2. The predicted octanol–water partition coefficient (Wildman–Crippen LogP) is 1.66. The number of hydrogen-bond acceptors (Lipinski definition) is 5. The Hall–Kier alpha value is -2.86. The van der Waals surface area contributed by atoms with Crippen molar-refractivity contribution in [3.8, 4) is 5.75 Å². The van der Waals surface area contributed by atoms with Gasteiger partial charge in [-0.05, 0) is 63.6 Å². The average molecular weight is 421 g/mol. The molecule has 1 aliphatic heterocycles. The van der Waals surface area contributed by atoms with Crippen molar-refractivity contribution in [1.82, 2.24) is 9.80 Å². The molecule has 162 valence electrons. The number of ketones is 1. The van der Waals surface area contributed by atoms with Crippen LogP contribution in [0.4, 0.5) is 0 Å². The number of nitrogens with zero attached hydrogens (tertiary/aromatic N) is 2. The summed E-state index contributed by atoms with van der Waals surface area (Å²) in [7, 11) is 1.96. The standard InChI is InChI=1S/C25H28N2O4/c1-25(2)19-14-16(30-13-12-27-11-10-26(3)15-21(27)28)8-9-17(19)23(29)22-18-6-4-5-7-20(18)31-24(22)25/h6-9,14H,4-5,10-13,15H2,1-3H3. The normalized spacial score (nSPS) is 19.8. The first-order chi connectivity index (χ1) is 14.9. The maximum absolute atomic E-state index is 13.3. The first-order valence-electron chi connectivity index (χ1n) is 11.0. The van der Waals surface area contributed by atoms with Crippen molar-refractivity contribution in [2.24, 2.45) is 0 Å². The summed E-state index contributed by atoms with van der Waals surface area (Å²) >= 11 is 0. The van der Waals surface area contributed by atoms with Gasteiger partial charge in [0.1, 0.15) is 23.5 Å². The van der Waals surface area contributed by atoms with E-state index in [4.69, 9.17) is 9.15 Å². The number of fused-ring (bicyclic) bond motifs is 4. The van der Waals surface area contributed by atoms with Crippen LogP contribution in [0.25, 0.3) is 12.2 Å². The van der Waals surface area contributed by atoms with Gasteiger partial charge in [0.25, 0.3) is 0 Å². The quantitative estimate of drug-likeness (QED) is 0.753. The molecule has 1 fully saturated rings. The number of hydrogen-bond donors (Lipinski definition) is 0. The van der Waals surface area contributed by atoms with E-state index in [0.29, 0.717) is 36.6 Å². The number of furan rings is 1. The zero-order valence-corrected chi connectivity index (χ0v) is 18.4. The maximum atomic E-state index is 13.3. The van der Waals surface area contributed by atoms with Crippen molar-refractivity contribution >= 4 is 23.8 Å². The Balaban J connectivity index is 1.39. The summed E-state index contributed by atoms with van der Waals surface area (Å²) < 4.78 is 12.2. The number of benzene rings is 1. The molecule has 0 saturated carbocycles. The van der Waals surface area contributed by atoms with Gasteiger partial charge in [-0.2, -0.15) is 0 Å². The van der Waals surface area contributed by atoms with Crippen molar-refractivity contribution in [2.45, 2.75) is 32.1 Å². The predicted molar refractivity (Wildman–Crippen MR) is 118 cm³/mol. The minimum atomic E-state index is -0.440. The minimum Gasteiger partial charge on any atom is -0.492 e. The molecule has 3 aliphatic rings. The summed E-state index contributed by atoms with van der Waals surface area (Å²) in [6.07, 6.45) is 6.07. The third kappa shape index (κ3) is 3.30. The van der Waals surface area contributed by atoms with Crippen LogP contribution in [-0.4, -0.2) is 61.3 Å². The second-order valence-electron chi connectivity index (χ2n) is 9.20. The molecule has 2 aromatic rings. The Morgan fingerprint density at radius 1 is 1.13 bits per heavy atom. The lowest BCUT2D eigenvalue weighted by molar-refractivity contribution is -0.135. The summed E-state index contributed by atoms with van der Waals surface area (Å²) in [5.41, 5.74) is 2.72. The molecule has 0 radical (unpaired) electrons. The Morgan fingerprint density at radius 2 is 1.94 bits per heavy atom. The number of amides is 1. The first-order valence-corrected chi connectivity index (χ1v) is 11.0. The van der Waals surface area contributed by atoms with E-state index in [0.717, 1.165) is 47.9 Å². The van der Waals surface area contributed by atoms with Crippen molar-refractivity contribution in [3.63, 3.8) is 0 Å². The van der Waals surface area contributed by atoms with Gasteiger partial charge in [0.05, 0.1) is 18.7 Å². The highest BCUT2D eigenvalue weighted by Crippen LogP contribution is 2.41. The largest absolute Gasteiger partial charge is 0.492 e. The van der Waals surface area contributed by atoms with E-state index in [1.807, 2.05) is 35.0 Å². The number of rotatable bonds is 4. The third-order valence-electron chi connectivity index (χ3n) is 6.66. The Morgan fingerprint density at radius 3 is 2.74 bits per heavy atom. The zero-order valence-electron chi connectivity index (χ0n) is 18.4. The summed E-state index contributed by atoms with van der Waals surface area (Å²) in [5.74, 6) is 1.61. The second kappa shape index (κ2) is 7.38. The molecule has 0 unspecified atom stereocenters. The van der Waals surface area contributed by atoms with Gasteiger partial charge >= 0.3 is 0 Å². The Bertz CT molecular complexity index is 1190. The van der Waals surface area contributed by atoms with Crippen LogP contribution in [0.1, 0.15) is 53.9 Å². The maximum Gasteiger partial charge on any atom is 0.236 e. The van der Waals surface area contributed by atoms with E-state index in [-0.39, 0.29) is 11.7 Å². The highest BCUT2D eigenvalue weighted by molar-refractivity contribution is 6.13. The lowest BCUT2D eigenvalue weighted by Crippen LogP contribution is -2.49. The third-order valence-corrected chi connectivity index (χ3v) is 6.66. The van der Waals surface area contributed by atoms with E-state index in [9.17, 15) is 9.59 Å². The molecule has 0 atom stereocenters. The van der Waals surface area contributed by atoms with E-state index in [1.54, 1.807) is 0 Å². The van der Waals surface area contributed by atoms with Crippen molar-refractivity contribution in [2.75, 3.05) is 39.8 Å². The number of carbonyl (C=O) groups is 2. The van der Waals surface area contributed by atoms with Crippen molar-refractivity contribution < 1.29 is 18.7 Å². The van der Waals surface area contributed by atoms with Crippen molar-refractivity contribution in [3.05, 3.63) is 51.3 Å². The molecular formula is C25H28N2O4. The fourth-order valence-corrected chi connectivity index (χ4v) is 4.84. The number of likely N-dealkylation sites (N-methyl/N-ethyl adjacent to an activating group) is 1. The summed E-state index contributed by atoms with van der Waals surface area (Å²) in [6.45, 7) is 7.24. The smallest absolute Gasteiger partial charge is 0.236 e. The van der Waals surface area contributed by atoms with E-state index in [2.05, 4.69) is 26.0 Å². The van der Waals surface area contributed by atoms with Crippen LogP contribution in [0.15, 0.2) is 22.6 Å². The monoisotopic (exact) mass is 420 g/mol. The van der Waals surface area contributed by atoms with Gasteiger partial charge in [-0.1, -0.05) is 6.08 Å². The molecule has 0 bridgehead atoms. The lowest BCUT2D eigenvalue weighted by atomic mass is 9.72. The molecule has 6 heteroatoms. The van der Waals surface area contributed by atoms with Gasteiger partial charge in [-0.15, -0.1) is 0 Å². The summed E-state index contributed by atoms with van der Waals surface area (Å²) in [6, 6.07) is 5.67. The van der Waals surface area contributed by atoms with Crippen LogP contribution < -0.4 is 15.4 Å². The molecule has 1 aromatic carbocycles. The topological polar surface area (TPSA) is 63.0 Å². The molecule has 1 saturated heterocycles. The molecule has 2 aliphatic carbocycles. The zero-order chi connectivity index (χ0) is 21.8. The summed E-state index contributed by atoms with van der Waals surface area (Å²) in [4.78, 5) is 29.3. The van der Waals surface area contributed by atoms with Crippen LogP contribution in [0.2, 0.25) is 0 Å². The van der Waals surface area contributed by atoms with Crippen LogP contribution in [0.5, 0.6) is 5.75 Å². The first kappa shape index (κ1) is 20.1. The summed E-state index contributed by atoms with van der Waals surface area (Å²) in [5, 5.41) is 0.946. The molecule has 6 nitrogen and oxygen atoms in total. The van der Waals surface area contributed by atoms with Gasteiger partial charge in [0, 0.05) is 29.3 Å². The molecule has 2 heterocycles. The van der Waals surface area contributed by atoms with Crippen LogP contribution in [0, 0.1) is 0 Å². The van der Waals surface area contributed by atoms with Crippen LogP contribution >= 0.6 is 0 Å². The van der Waals surface area contributed by atoms with E-state index in [1.165, 1.54) is 0 Å². The van der Waals surface area contributed by atoms with E-state index < -0.39 is 5.41 Å². The molecule has 1 amide bonds. The molecule has 31 heavy (non-hydrogen) atoms. The highest BCUT2D eigenvalue weighted by Gasteiger charge is 2.41. The van der Waals surface area contributed by atoms with Gasteiger partial charge < -0.3 is 14.1 Å². The molecule has 1 aromatic heterocycles. The van der Waals surface area contributed by atoms with Gasteiger partial charge in [0.15, 0.2) is 5.78 Å². The van der Waals surface area contributed by atoms with Crippen LogP contribution in [-0.2, 0) is 10.2 Å². The average Bonchev–Trinajstić information content (AvgIpc) is 3.15. The number of ether oxygens (including phenoxy) is 1. The van der Waals surface area contributed by atoms with Crippen molar-refractivity contribution in [1.29, 1.82) is 0 Å². The number of piperazine rings is 1. The molecular weight excluding hydrogens is 392 g/mol. The molecule has 5 rings (SSSR count). The Labute approximate surface area is 181 Å². The van der Waals surface area contributed by atoms with Gasteiger partial charge in [0.2, 0.25) is 5.91 Å². The molecule has 0 N–H and O–H groups in total. The van der Waals surface area contributed by atoms with E-state index >= 15 is 0 Å². The van der Waals surface area contributed by atoms with Gasteiger partial charge in [-0.3, -0.25) is 14.5 Å². The lowest BCUT2D eigenvalue weighted by Gasteiger charge is -2.32. The Kier molecular flexibility index (Phi) is 4.77. The fraction of sp³-hybridized carbons (Fsp3) is 0.440. The van der Waals surface area contributed by atoms with Crippen LogP contribution in [0.3, 0.4) is 0 Å². The second-order valence-corrected chi connectivity index (χ2v) is 9.20. The SMILES string of the molecule is CN1CCN(CCOc2ccc3c(c2)C(C)(C)c2oc4c(c2C3=O)=CCCC=4)C(=O)C1. The minimum absolute atomic E-state index is 0.0236. The van der Waals surface area contributed by atoms with Gasteiger partial charge in [-0.25, -0.2) is 0 Å².